The van der Waals surface area contributed by atoms with Crippen LogP contribution in [0, 0.1) is 0 Å². The van der Waals surface area contributed by atoms with E-state index < -0.39 is 10.0 Å². The van der Waals surface area contributed by atoms with E-state index in [4.69, 9.17) is 4.74 Å². The smallest absolute Gasteiger partial charge is 0.242 e. The van der Waals surface area contributed by atoms with Gasteiger partial charge in [-0.3, -0.25) is 4.98 Å². The minimum Gasteiger partial charge on any atom is -0.496 e. The molecular formula is C14H15BrN2O3S. The van der Waals surface area contributed by atoms with Crippen molar-refractivity contribution >= 4 is 26.0 Å². The van der Waals surface area contributed by atoms with Crippen LogP contribution in [0.1, 0.15) is 5.56 Å². The molecule has 1 heterocycles. The number of hydrogen-bond acceptors (Lipinski definition) is 4. The van der Waals surface area contributed by atoms with Gasteiger partial charge >= 0.3 is 0 Å². The summed E-state index contributed by atoms with van der Waals surface area (Å²) in [5, 5.41) is 0. The van der Waals surface area contributed by atoms with E-state index in [9.17, 15) is 8.42 Å². The Morgan fingerprint density at radius 2 is 2.14 bits per heavy atom. The van der Waals surface area contributed by atoms with Crippen LogP contribution >= 0.6 is 15.9 Å². The van der Waals surface area contributed by atoms with E-state index in [1.165, 1.54) is 18.5 Å². The predicted molar refractivity (Wildman–Crippen MR) is 83.8 cm³/mol. The molecule has 2 rings (SSSR count). The molecule has 1 aromatic heterocycles. The van der Waals surface area contributed by atoms with Gasteiger partial charge in [-0.15, -0.1) is 0 Å². The number of ether oxygens (including phenoxy) is 1. The summed E-state index contributed by atoms with van der Waals surface area (Å²) in [6, 6.07) is 8.77. The second-order valence-corrected chi connectivity index (χ2v) is 6.93. The van der Waals surface area contributed by atoms with Gasteiger partial charge in [-0.05, 0) is 52.2 Å². The molecule has 0 saturated heterocycles. The first-order valence-electron chi connectivity index (χ1n) is 6.25. The van der Waals surface area contributed by atoms with Crippen LogP contribution in [0.3, 0.4) is 0 Å². The molecule has 0 aliphatic carbocycles. The average Bonchev–Trinajstić information content (AvgIpc) is 2.48. The van der Waals surface area contributed by atoms with Gasteiger partial charge in [0.05, 0.1) is 11.6 Å². The van der Waals surface area contributed by atoms with E-state index in [1.807, 2.05) is 18.2 Å². The van der Waals surface area contributed by atoms with Crippen LogP contribution in [0.2, 0.25) is 0 Å². The molecule has 7 heteroatoms. The molecule has 0 aliphatic heterocycles. The second kappa shape index (κ2) is 7.02. The van der Waals surface area contributed by atoms with Gasteiger partial charge in [-0.25, -0.2) is 13.1 Å². The third kappa shape index (κ3) is 4.26. The lowest BCUT2D eigenvalue weighted by molar-refractivity contribution is 0.412. The zero-order chi connectivity index (χ0) is 15.3. The van der Waals surface area contributed by atoms with Gasteiger partial charge in [0.15, 0.2) is 0 Å². The normalized spacial score (nSPS) is 11.3. The number of benzene rings is 1. The maximum Gasteiger partial charge on any atom is 0.242 e. The summed E-state index contributed by atoms with van der Waals surface area (Å²) in [6.07, 6.45) is 3.45. The maximum absolute atomic E-state index is 12.0. The summed E-state index contributed by atoms with van der Waals surface area (Å²) >= 11 is 3.40. The highest BCUT2D eigenvalue weighted by Crippen LogP contribution is 2.25. The summed E-state index contributed by atoms with van der Waals surface area (Å²) in [5.41, 5.74) is 1.01. The van der Waals surface area contributed by atoms with Gasteiger partial charge in [-0.1, -0.05) is 6.07 Å². The molecule has 0 radical (unpaired) electrons. The van der Waals surface area contributed by atoms with Crippen molar-refractivity contribution in [1.82, 2.24) is 9.71 Å². The predicted octanol–water partition coefficient (Wildman–Crippen LogP) is 2.37. The molecule has 2 aromatic rings. The Morgan fingerprint density at radius 1 is 1.33 bits per heavy atom. The number of rotatable bonds is 6. The van der Waals surface area contributed by atoms with Crippen LogP contribution in [0.4, 0.5) is 0 Å². The van der Waals surface area contributed by atoms with Crippen molar-refractivity contribution < 1.29 is 13.2 Å². The zero-order valence-corrected chi connectivity index (χ0v) is 13.8. The van der Waals surface area contributed by atoms with Gasteiger partial charge in [-0.2, -0.15) is 0 Å². The highest BCUT2D eigenvalue weighted by molar-refractivity contribution is 9.10. The minimum absolute atomic E-state index is 0.168. The van der Waals surface area contributed by atoms with Gasteiger partial charge in [0.1, 0.15) is 10.6 Å². The number of pyridine rings is 1. The van der Waals surface area contributed by atoms with Crippen LogP contribution in [-0.2, 0) is 16.4 Å². The topological polar surface area (TPSA) is 68.3 Å². The van der Waals surface area contributed by atoms with E-state index in [-0.39, 0.29) is 4.90 Å². The van der Waals surface area contributed by atoms with Crippen molar-refractivity contribution in [3.63, 3.8) is 0 Å². The van der Waals surface area contributed by atoms with Gasteiger partial charge in [0, 0.05) is 18.9 Å². The Hall–Kier alpha value is -1.44. The maximum atomic E-state index is 12.0. The number of aromatic nitrogens is 1. The Labute approximate surface area is 132 Å². The highest BCUT2D eigenvalue weighted by atomic mass is 79.9. The number of nitrogens with one attached hydrogen (secondary N) is 1. The zero-order valence-electron chi connectivity index (χ0n) is 11.4. The molecule has 5 nitrogen and oxygen atoms in total. The summed E-state index contributed by atoms with van der Waals surface area (Å²) in [5.74, 6) is 0.745. The van der Waals surface area contributed by atoms with Crippen molar-refractivity contribution in [2.75, 3.05) is 13.7 Å². The molecule has 1 aromatic carbocycles. The standard InChI is InChI=1S/C14H15BrN2O3S/c1-20-14-5-4-11(9-13(14)15)6-8-17-21(18,19)12-3-2-7-16-10-12/h2-5,7,9-10,17H,6,8H2,1H3. The average molecular weight is 371 g/mol. The monoisotopic (exact) mass is 370 g/mol. The van der Waals surface area contributed by atoms with Crippen molar-refractivity contribution in [3.05, 3.63) is 52.8 Å². The Balaban J connectivity index is 1.97. The van der Waals surface area contributed by atoms with E-state index >= 15 is 0 Å². The van der Waals surface area contributed by atoms with Crippen LogP contribution in [-0.4, -0.2) is 27.1 Å². The van der Waals surface area contributed by atoms with Crippen LogP contribution in [0.15, 0.2) is 52.1 Å². The Bertz CT molecular complexity index is 705. The Morgan fingerprint density at radius 3 is 2.76 bits per heavy atom. The fraction of sp³-hybridized carbons (Fsp3) is 0.214. The first-order valence-corrected chi connectivity index (χ1v) is 8.52. The first-order chi connectivity index (χ1) is 10.0. The van der Waals surface area contributed by atoms with E-state index in [0.29, 0.717) is 13.0 Å². The summed E-state index contributed by atoms with van der Waals surface area (Å²) in [6.45, 7) is 0.315. The summed E-state index contributed by atoms with van der Waals surface area (Å²) < 4.78 is 32.6. The van der Waals surface area contributed by atoms with Crippen molar-refractivity contribution in [2.45, 2.75) is 11.3 Å². The second-order valence-electron chi connectivity index (χ2n) is 4.31. The number of nitrogens with zero attached hydrogens (tertiary/aromatic N) is 1. The molecule has 0 saturated carbocycles. The quantitative estimate of drug-likeness (QED) is 0.847. The molecule has 1 N–H and O–H groups in total. The SMILES string of the molecule is COc1ccc(CCNS(=O)(=O)c2cccnc2)cc1Br. The molecule has 0 amide bonds. The first kappa shape index (κ1) is 15.9. The van der Waals surface area contributed by atoms with Crippen molar-refractivity contribution in [3.8, 4) is 5.75 Å². The number of halogens is 1. The van der Waals surface area contributed by atoms with Crippen LogP contribution in [0.5, 0.6) is 5.75 Å². The molecule has 112 valence electrons. The van der Waals surface area contributed by atoms with Gasteiger partial charge in [0.2, 0.25) is 10.0 Å². The minimum atomic E-state index is -3.50. The summed E-state index contributed by atoms with van der Waals surface area (Å²) in [7, 11) is -1.90. The van der Waals surface area contributed by atoms with Gasteiger partial charge in [0.25, 0.3) is 0 Å². The van der Waals surface area contributed by atoms with Crippen LogP contribution < -0.4 is 9.46 Å². The largest absolute Gasteiger partial charge is 0.496 e. The lowest BCUT2D eigenvalue weighted by Crippen LogP contribution is -2.26. The van der Waals surface area contributed by atoms with E-state index in [2.05, 4.69) is 25.6 Å². The molecule has 0 atom stereocenters. The van der Waals surface area contributed by atoms with E-state index in [1.54, 1.807) is 13.2 Å². The molecule has 0 bridgehead atoms. The molecular weight excluding hydrogens is 356 g/mol. The van der Waals surface area contributed by atoms with Crippen LogP contribution in [0.25, 0.3) is 0 Å². The number of sulfonamides is 1. The molecule has 0 spiro atoms. The third-order valence-electron chi connectivity index (χ3n) is 2.87. The molecule has 0 fully saturated rings. The van der Waals surface area contributed by atoms with Crippen molar-refractivity contribution in [1.29, 1.82) is 0 Å². The highest BCUT2D eigenvalue weighted by Gasteiger charge is 2.13. The fourth-order valence-corrected chi connectivity index (χ4v) is 3.37. The third-order valence-corrected chi connectivity index (χ3v) is 4.93. The Kier molecular flexibility index (Phi) is 5.33. The van der Waals surface area contributed by atoms with Gasteiger partial charge < -0.3 is 4.74 Å². The summed E-state index contributed by atoms with van der Waals surface area (Å²) in [4.78, 5) is 3.98. The van der Waals surface area contributed by atoms with Crippen molar-refractivity contribution in [2.24, 2.45) is 0 Å². The molecule has 0 aliphatic rings. The molecule has 21 heavy (non-hydrogen) atoms. The number of methoxy groups -OCH3 is 1. The van der Waals surface area contributed by atoms with E-state index in [0.717, 1.165) is 15.8 Å². The fourth-order valence-electron chi connectivity index (χ4n) is 1.78. The number of hydrogen-bond donors (Lipinski definition) is 1. The lowest BCUT2D eigenvalue weighted by atomic mass is 10.1. The lowest BCUT2D eigenvalue weighted by Gasteiger charge is -2.08. The molecule has 0 unspecified atom stereocenters.